The molecule has 0 aromatic carbocycles. The maximum Gasteiger partial charge on any atom is 0.318 e. The highest BCUT2D eigenvalue weighted by molar-refractivity contribution is 5.73. The van der Waals surface area contributed by atoms with Crippen LogP contribution in [0.4, 0.5) is 0 Å². The molecule has 12 heavy (non-hydrogen) atoms. The molecule has 0 radical (unpaired) electrons. The second kappa shape index (κ2) is 5.19. The highest BCUT2D eigenvalue weighted by atomic mass is 16.4. The molecule has 0 fully saturated rings. The molecular weight excluding hydrogens is 160 g/mol. The van der Waals surface area contributed by atoms with E-state index in [1.807, 2.05) is 0 Å². The van der Waals surface area contributed by atoms with Crippen molar-refractivity contribution in [3.63, 3.8) is 0 Å². The maximum absolute atomic E-state index is 10.3. The van der Waals surface area contributed by atoms with E-state index in [0.717, 1.165) is 0 Å². The zero-order valence-electron chi connectivity index (χ0n) is 6.49. The Labute approximate surface area is 70.2 Å². The van der Waals surface area contributed by atoms with Gasteiger partial charge in [-0.2, -0.15) is 0 Å². The first-order chi connectivity index (χ1) is 5.57. The maximum atomic E-state index is 10.3. The summed E-state index contributed by atoms with van der Waals surface area (Å²) in [4.78, 5) is 20.4. The molecule has 66 valence electrons. The molecule has 0 aromatic heterocycles. The van der Waals surface area contributed by atoms with Gasteiger partial charge in [-0.15, -0.1) is 6.42 Å². The lowest BCUT2D eigenvalue weighted by molar-refractivity contribution is -0.141. The van der Waals surface area contributed by atoms with Gasteiger partial charge in [-0.25, -0.2) is 0 Å². The van der Waals surface area contributed by atoms with Gasteiger partial charge < -0.3 is 10.2 Å². The van der Waals surface area contributed by atoms with E-state index in [2.05, 4.69) is 5.92 Å². The molecule has 0 spiro atoms. The van der Waals surface area contributed by atoms with Crippen LogP contribution in [-0.2, 0) is 9.59 Å². The first kappa shape index (κ1) is 10.5. The van der Waals surface area contributed by atoms with Gasteiger partial charge in [-0.3, -0.25) is 9.59 Å². The Kier molecular flexibility index (Phi) is 4.54. The minimum absolute atomic E-state index is 0.0362. The third kappa shape index (κ3) is 4.34. The Bertz CT molecular complexity index is 214. The summed E-state index contributed by atoms with van der Waals surface area (Å²) in [6, 6.07) is 0. The van der Waals surface area contributed by atoms with Gasteiger partial charge in [-0.1, -0.05) is 5.92 Å². The van der Waals surface area contributed by atoms with Gasteiger partial charge >= 0.3 is 11.9 Å². The molecule has 0 saturated carbocycles. The predicted octanol–water partition coefficient (Wildman–Crippen LogP) is 0.575. The van der Waals surface area contributed by atoms with Crippen LogP contribution in [0.1, 0.15) is 19.3 Å². The molecule has 0 bridgehead atoms. The van der Waals surface area contributed by atoms with Gasteiger partial charge in [0.25, 0.3) is 0 Å². The first-order valence-corrected chi connectivity index (χ1v) is 3.48. The molecule has 0 aliphatic heterocycles. The molecule has 2 N–H and O–H groups in total. The topological polar surface area (TPSA) is 74.6 Å². The third-order valence-electron chi connectivity index (χ3n) is 1.38. The van der Waals surface area contributed by atoms with Crippen molar-refractivity contribution in [2.45, 2.75) is 19.3 Å². The molecule has 4 nitrogen and oxygen atoms in total. The summed E-state index contributed by atoms with van der Waals surface area (Å²) in [6.07, 6.45) is 5.40. The van der Waals surface area contributed by atoms with Crippen molar-refractivity contribution in [2.24, 2.45) is 5.92 Å². The van der Waals surface area contributed by atoms with Gasteiger partial charge in [0.2, 0.25) is 0 Å². The third-order valence-corrected chi connectivity index (χ3v) is 1.38. The number of rotatable bonds is 5. The summed E-state index contributed by atoms with van der Waals surface area (Å²) in [5.41, 5.74) is 0. The zero-order valence-corrected chi connectivity index (χ0v) is 6.49. The molecule has 0 rings (SSSR count). The van der Waals surface area contributed by atoms with Crippen molar-refractivity contribution in [1.82, 2.24) is 0 Å². The van der Waals surface area contributed by atoms with Gasteiger partial charge in [0.15, 0.2) is 0 Å². The van der Waals surface area contributed by atoms with Crippen LogP contribution in [-0.4, -0.2) is 22.2 Å². The van der Waals surface area contributed by atoms with E-state index in [1.54, 1.807) is 0 Å². The number of terminal acetylenes is 1. The number of carboxylic acid groups (broad SMARTS) is 2. The van der Waals surface area contributed by atoms with Crippen LogP contribution in [0.25, 0.3) is 0 Å². The van der Waals surface area contributed by atoms with Crippen LogP contribution >= 0.6 is 0 Å². The molecular formula is C8H10O4. The Morgan fingerprint density at radius 1 is 1.42 bits per heavy atom. The summed E-state index contributed by atoms with van der Waals surface area (Å²) in [5.74, 6) is -0.775. The molecule has 0 amide bonds. The molecule has 0 heterocycles. The molecule has 0 aliphatic carbocycles. The van der Waals surface area contributed by atoms with Crippen molar-refractivity contribution in [3.8, 4) is 12.3 Å². The quantitative estimate of drug-likeness (QED) is 0.591. The van der Waals surface area contributed by atoms with Gasteiger partial charge in [0.1, 0.15) is 5.92 Å². The smallest absolute Gasteiger partial charge is 0.318 e. The van der Waals surface area contributed by atoms with Gasteiger partial charge in [-0.05, 0) is 12.8 Å². The molecule has 1 unspecified atom stereocenters. The van der Waals surface area contributed by atoms with E-state index >= 15 is 0 Å². The van der Waals surface area contributed by atoms with Crippen LogP contribution < -0.4 is 0 Å². The van der Waals surface area contributed by atoms with Crippen molar-refractivity contribution < 1.29 is 19.8 Å². The summed E-state index contributed by atoms with van der Waals surface area (Å²) < 4.78 is 0. The number of hydrogen-bond donors (Lipinski definition) is 2. The largest absolute Gasteiger partial charge is 0.481 e. The minimum atomic E-state index is -1.07. The highest BCUT2D eigenvalue weighted by Gasteiger charge is 2.13. The van der Waals surface area contributed by atoms with Crippen molar-refractivity contribution in [3.05, 3.63) is 0 Å². The summed E-state index contributed by atoms with van der Waals surface area (Å²) in [5, 5.41) is 16.7. The molecule has 0 aromatic rings. The average molecular weight is 170 g/mol. The van der Waals surface area contributed by atoms with Crippen LogP contribution in [0, 0.1) is 18.3 Å². The van der Waals surface area contributed by atoms with Crippen molar-refractivity contribution in [1.29, 1.82) is 0 Å². The van der Waals surface area contributed by atoms with Crippen LogP contribution in [0.3, 0.4) is 0 Å². The van der Waals surface area contributed by atoms with Crippen LogP contribution in [0.2, 0.25) is 0 Å². The fourth-order valence-corrected chi connectivity index (χ4v) is 0.736. The molecule has 0 saturated heterocycles. The summed E-state index contributed by atoms with van der Waals surface area (Å²) >= 11 is 0. The second-order valence-electron chi connectivity index (χ2n) is 2.34. The lowest BCUT2D eigenvalue weighted by Gasteiger charge is -2.02. The standard InChI is InChI=1S/C8H10O4/c1-2-6(8(11)12)4-3-5-7(9)10/h1,6H,3-5H2,(H,9,10)(H,11,12). The minimum Gasteiger partial charge on any atom is -0.481 e. The molecule has 0 aliphatic rings. The first-order valence-electron chi connectivity index (χ1n) is 3.48. The fraction of sp³-hybridized carbons (Fsp3) is 0.500. The van der Waals surface area contributed by atoms with Gasteiger partial charge in [0.05, 0.1) is 0 Å². The molecule has 1 atom stereocenters. The number of carboxylic acids is 2. The summed E-state index contributed by atoms with van der Waals surface area (Å²) in [6.45, 7) is 0. The SMILES string of the molecule is C#CC(CCCC(=O)O)C(=O)O. The Morgan fingerprint density at radius 3 is 2.33 bits per heavy atom. The zero-order chi connectivity index (χ0) is 9.56. The normalized spacial score (nSPS) is 11.6. The van der Waals surface area contributed by atoms with E-state index in [-0.39, 0.29) is 12.8 Å². The lowest BCUT2D eigenvalue weighted by atomic mass is 10.0. The van der Waals surface area contributed by atoms with Crippen molar-refractivity contribution >= 4 is 11.9 Å². The number of hydrogen-bond acceptors (Lipinski definition) is 2. The Morgan fingerprint density at radius 2 is 2.00 bits per heavy atom. The van der Waals surface area contributed by atoms with Crippen molar-refractivity contribution in [2.75, 3.05) is 0 Å². The number of carbonyl (C=O) groups is 2. The van der Waals surface area contributed by atoms with Crippen LogP contribution in [0.15, 0.2) is 0 Å². The Balaban J connectivity index is 3.68. The van der Waals surface area contributed by atoms with E-state index in [0.29, 0.717) is 6.42 Å². The average Bonchev–Trinajstić information content (AvgIpc) is 1.96. The lowest BCUT2D eigenvalue weighted by Crippen LogP contribution is -2.11. The summed E-state index contributed by atoms with van der Waals surface area (Å²) in [7, 11) is 0. The molecule has 4 heteroatoms. The monoisotopic (exact) mass is 170 g/mol. The van der Waals surface area contributed by atoms with Gasteiger partial charge in [0, 0.05) is 6.42 Å². The van der Waals surface area contributed by atoms with E-state index in [4.69, 9.17) is 16.6 Å². The second-order valence-corrected chi connectivity index (χ2v) is 2.34. The van der Waals surface area contributed by atoms with E-state index < -0.39 is 17.9 Å². The fourth-order valence-electron chi connectivity index (χ4n) is 0.736. The predicted molar refractivity (Wildman–Crippen MR) is 41.4 cm³/mol. The van der Waals surface area contributed by atoms with E-state index in [9.17, 15) is 9.59 Å². The number of aliphatic carboxylic acids is 2. The van der Waals surface area contributed by atoms with Crippen LogP contribution in [0.5, 0.6) is 0 Å². The highest BCUT2D eigenvalue weighted by Crippen LogP contribution is 2.07. The Hall–Kier alpha value is -1.50. The van der Waals surface area contributed by atoms with E-state index in [1.165, 1.54) is 0 Å².